The highest BCUT2D eigenvalue weighted by Crippen LogP contribution is 2.50. The van der Waals surface area contributed by atoms with Crippen molar-refractivity contribution in [3.63, 3.8) is 0 Å². The van der Waals surface area contributed by atoms with Crippen molar-refractivity contribution >= 4 is 26.0 Å². The smallest absolute Gasteiger partial charge is 0.407 e. The second-order valence-electron chi connectivity index (χ2n) is 4.19. The third-order valence-corrected chi connectivity index (χ3v) is 5.17. The van der Waals surface area contributed by atoms with Gasteiger partial charge >= 0.3 is 6.18 Å². The van der Waals surface area contributed by atoms with Gasteiger partial charge in [-0.3, -0.25) is 0 Å². The summed E-state index contributed by atoms with van der Waals surface area (Å²) in [5.74, 6) is -0.0656. The molecule has 0 atom stereocenters. The van der Waals surface area contributed by atoms with Crippen molar-refractivity contribution in [3.05, 3.63) is 16.5 Å². The molecule has 19 heavy (non-hydrogen) atoms. The fourth-order valence-corrected chi connectivity index (χ4v) is 3.98. The van der Waals surface area contributed by atoms with Gasteiger partial charge in [0.2, 0.25) is 10.0 Å². The van der Waals surface area contributed by atoms with E-state index < -0.39 is 33.2 Å². The lowest BCUT2D eigenvalue weighted by Crippen LogP contribution is -2.47. The summed E-state index contributed by atoms with van der Waals surface area (Å²) in [4.78, 5) is -0.466. The van der Waals surface area contributed by atoms with Crippen molar-refractivity contribution in [2.45, 2.75) is 36.1 Å². The first kappa shape index (κ1) is 14.8. The summed E-state index contributed by atoms with van der Waals surface area (Å²) in [6.45, 7) is -0.557. The van der Waals surface area contributed by atoms with Crippen LogP contribution in [-0.2, 0) is 16.6 Å². The molecule has 0 aliphatic heterocycles. The second-order valence-corrected chi connectivity index (χ2v) is 6.57. The van der Waals surface area contributed by atoms with E-state index >= 15 is 0 Å². The number of halogens is 4. The molecule has 0 bridgehead atoms. The van der Waals surface area contributed by atoms with Crippen LogP contribution >= 0.6 is 15.9 Å². The van der Waals surface area contributed by atoms with E-state index in [0.29, 0.717) is 0 Å². The molecule has 1 aliphatic carbocycles. The van der Waals surface area contributed by atoms with Gasteiger partial charge in [-0.1, -0.05) is 0 Å². The molecule has 0 unspecified atom stereocenters. The van der Waals surface area contributed by atoms with Crippen LogP contribution in [0.25, 0.3) is 0 Å². The second kappa shape index (κ2) is 4.47. The lowest BCUT2D eigenvalue weighted by Gasteiger charge is -2.20. The van der Waals surface area contributed by atoms with Crippen molar-refractivity contribution in [1.82, 2.24) is 4.72 Å². The van der Waals surface area contributed by atoms with E-state index in [-0.39, 0.29) is 23.3 Å². The van der Waals surface area contributed by atoms with Crippen molar-refractivity contribution in [3.8, 4) is 0 Å². The fraction of sp³-hybridized carbons (Fsp3) is 0.556. The molecule has 0 saturated heterocycles. The average molecular weight is 364 g/mol. The minimum absolute atomic E-state index is 0.0656. The predicted molar refractivity (Wildman–Crippen MR) is 60.7 cm³/mol. The first-order valence-corrected chi connectivity index (χ1v) is 7.39. The molecule has 1 aromatic heterocycles. The number of aliphatic hydroxyl groups excluding tert-OH is 1. The monoisotopic (exact) mass is 363 g/mol. The van der Waals surface area contributed by atoms with Crippen molar-refractivity contribution in [2.24, 2.45) is 0 Å². The number of hydrogen-bond donors (Lipinski definition) is 2. The molecule has 10 heteroatoms. The summed E-state index contributed by atoms with van der Waals surface area (Å²) in [6.07, 6.45) is -5.23. The highest BCUT2D eigenvalue weighted by atomic mass is 79.9. The van der Waals surface area contributed by atoms with E-state index in [2.05, 4.69) is 15.9 Å². The third kappa shape index (κ3) is 2.67. The quantitative estimate of drug-likeness (QED) is 0.856. The molecular formula is C9H9BrF3NO4S. The van der Waals surface area contributed by atoms with E-state index in [1.54, 1.807) is 4.72 Å². The molecule has 0 aromatic carbocycles. The minimum atomic E-state index is -4.64. The molecule has 1 aliphatic rings. The Kier molecular flexibility index (Phi) is 3.49. The number of furan rings is 1. The number of alkyl halides is 3. The number of aliphatic hydroxyl groups is 1. The van der Waals surface area contributed by atoms with Crippen LogP contribution in [0.4, 0.5) is 13.2 Å². The van der Waals surface area contributed by atoms with Gasteiger partial charge in [0, 0.05) is 6.07 Å². The Bertz CT molecular complexity index is 591. The minimum Gasteiger partial charge on any atom is -0.450 e. The molecule has 0 amide bonds. The lowest BCUT2D eigenvalue weighted by atomic mass is 10.3. The van der Waals surface area contributed by atoms with Gasteiger partial charge in [0.1, 0.15) is 22.8 Å². The standard InChI is InChI=1S/C9H9BrF3NO4S/c10-7-6(3-5(4-15)18-7)19(16,17)14-8(1-2-8)9(11,12)13/h3,14-15H,1-2,4H2. The topological polar surface area (TPSA) is 79.5 Å². The summed E-state index contributed by atoms with van der Waals surface area (Å²) >= 11 is 2.79. The normalized spacial score (nSPS) is 18.6. The van der Waals surface area contributed by atoms with Crippen LogP contribution in [0.2, 0.25) is 0 Å². The van der Waals surface area contributed by atoms with Gasteiger partial charge in [-0.2, -0.15) is 17.9 Å². The van der Waals surface area contributed by atoms with Crippen LogP contribution in [-0.4, -0.2) is 25.2 Å². The number of rotatable bonds is 4. The molecule has 1 aromatic rings. The summed E-state index contributed by atoms with van der Waals surface area (Å²) in [5.41, 5.74) is -2.39. The first-order valence-electron chi connectivity index (χ1n) is 5.11. The Labute approximate surface area is 115 Å². The third-order valence-electron chi connectivity index (χ3n) is 2.77. The molecule has 2 N–H and O–H groups in total. The van der Waals surface area contributed by atoms with Crippen LogP contribution in [0.5, 0.6) is 0 Å². The van der Waals surface area contributed by atoms with E-state index in [9.17, 15) is 21.6 Å². The Morgan fingerprint density at radius 1 is 1.47 bits per heavy atom. The van der Waals surface area contributed by atoms with E-state index in [1.165, 1.54) is 0 Å². The molecule has 0 radical (unpaired) electrons. The van der Waals surface area contributed by atoms with Crippen LogP contribution < -0.4 is 4.72 Å². The predicted octanol–water partition coefficient (Wildman–Crippen LogP) is 1.91. The van der Waals surface area contributed by atoms with Crippen molar-refractivity contribution < 1.29 is 31.1 Å². The average Bonchev–Trinajstić information content (AvgIpc) is 2.92. The summed E-state index contributed by atoms with van der Waals surface area (Å²) in [6, 6.07) is 0.971. The maximum Gasteiger partial charge on any atom is 0.407 e. The Morgan fingerprint density at radius 2 is 2.05 bits per heavy atom. The van der Waals surface area contributed by atoms with E-state index in [4.69, 9.17) is 9.52 Å². The zero-order valence-electron chi connectivity index (χ0n) is 9.29. The maximum absolute atomic E-state index is 12.7. The van der Waals surface area contributed by atoms with Crippen LogP contribution in [0.3, 0.4) is 0 Å². The van der Waals surface area contributed by atoms with Gasteiger partial charge < -0.3 is 9.52 Å². The highest BCUT2D eigenvalue weighted by Gasteiger charge is 2.65. The Balaban J connectivity index is 2.31. The van der Waals surface area contributed by atoms with Gasteiger partial charge in [-0.25, -0.2) is 8.42 Å². The molecule has 1 heterocycles. The molecule has 0 spiro atoms. The van der Waals surface area contributed by atoms with Crippen LogP contribution in [0.1, 0.15) is 18.6 Å². The maximum atomic E-state index is 12.7. The Morgan fingerprint density at radius 3 is 2.42 bits per heavy atom. The van der Waals surface area contributed by atoms with E-state index in [0.717, 1.165) is 6.07 Å². The molecule has 1 saturated carbocycles. The SMILES string of the molecule is O=S(=O)(NC1(C(F)(F)F)CC1)c1cc(CO)oc1Br. The van der Waals surface area contributed by atoms with Crippen molar-refractivity contribution in [1.29, 1.82) is 0 Å². The fourth-order valence-electron chi connectivity index (χ4n) is 1.54. The lowest BCUT2D eigenvalue weighted by molar-refractivity contribution is -0.160. The zero-order valence-corrected chi connectivity index (χ0v) is 11.7. The molecule has 108 valence electrons. The van der Waals surface area contributed by atoms with Crippen molar-refractivity contribution in [2.75, 3.05) is 0 Å². The zero-order chi connectivity index (χ0) is 14.5. The van der Waals surface area contributed by atoms with E-state index in [1.807, 2.05) is 0 Å². The van der Waals surface area contributed by atoms with Gasteiger partial charge in [0.05, 0.1) is 0 Å². The van der Waals surface area contributed by atoms with Gasteiger partial charge in [0.25, 0.3) is 0 Å². The summed E-state index contributed by atoms with van der Waals surface area (Å²) in [7, 11) is -4.38. The molecular weight excluding hydrogens is 355 g/mol. The number of nitrogens with one attached hydrogen (secondary N) is 1. The molecule has 5 nitrogen and oxygen atoms in total. The summed E-state index contributed by atoms with van der Waals surface area (Å²) < 4.78 is 68.2. The van der Waals surface area contributed by atoms with Gasteiger partial charge in [-0.05, 0) is 28.8 Å². The van der Waals surface area contributed by atoms with Gasteiger partial charge in [-0.15, -0.1) is 0 Å². The summed E-state index contributed by atoms with van der Waals surface area (Å²) in [5, 5.41) is 8.81. The first-order chi connectivity index (χ1) is 8.61. The highest BCUT2D eigenvalue weighted by molar-refractivity contribution is 9.10. The number of hydrogen-bond acceptors (Lipinski definition) is 4. The Hall–Kier alpha value is -0.580. The van der Waals surface area contributed by atoms with Crippen LogP contribution in [0, 0.1) is 0 Å². The molecule has 2 rings (SSSR count). The van der Waals surface area contributed by atoms with Gasteiger partial charge in [0.15, 0.2) is 4.67 Å². The largest absolute Gasteiger partial charge is 0.450 e. The molecule has 1 fully saturated rings. The van der Waals surface area contributed by atoms with Crippen LogP contribution in [0.15, 0.2) is 20.0 Å². The number of sulfonamides is 1.